The van der Waals surface area contributed by atoms with Gasteiger partial charge in [-0.2, -0.15) is 0 Å². The Hall–Kier alpha value is -6.03. The fourth-order valence-electron chi connectivity index (χ4n) is 7.46. The predicted octanol–water partition coefficient (Wildman–Crippen LogP) is 12.7. The van der Waals surface area contributed by atoms with Crippen LogP contribution in [0.5, 0.6) is 0 Å². The number of para-hydroxylation sites is 1. The Labute approximate surface area is 288 Å². The molecule has 0 fully saturated rings. The number of rotatable bonds is 5. The van der Waals surface area contributed by atoms with Crippen LogP contribution >= 0.6 is 11.3 Å². The number of benzene rings is 8. The Morgan fingerprint density at radius 2 is 1.04 bits per heavy atom. The van der Waals surface area contributed by atoms with Gasteiger partial charge in [0.2, 0.25) is 0 Å². The zero-order chi connectivity index (χ0) is 32.3. The van der Waals surface area contributed by atoms with Gasteiger partial charge in [-0.3, -0.25) is 4.90 Å². The van der Waals surface area contributed by atoms with Crippen LogP contribution < -0.4 is 4.90 Å². The first-order valence-electron chi connectivity index (χ1n) is 16.7. The number of fused-ring (bicyclic) bond motifs is 5. The van der Waals surface area contributed by atoms with Crippen LogP contribution in [-0.4, -0.2) is 5.84 Å². The third-order valence-electron chi connectivity index (χ3n) is 9.88. The quantitative estimate of drug-likeness (QED) is 0.182. The van der Waals surface area contributed by atoms with Gasteiger partial charge in [-0.15, -0.1) is 11.3 Å². The molecule has 8 aromatic carbocycles. The minimum atomic E-state index is -0.117. The molecule has 0 radical (unpaired) electrons. The Kier molecular flexibility index (Phi) is 6.46. The Bertz CT molecular complexity index is 2730. The Morgan fingerprint density at radius 3 is 1.86 bits per heavy atom. The van der Waals surface area contributed by atoms with Crippen molar-refractivity contribution in [2.45, 2.75) is 6.17 Å². The molecule has 2 heterocycles. The highest BCUT2D eigenvalue weighted by atomic mass is 32.1. The van der Waals surface area contributed by atoms with Gasteiger partial charge in [0.25, 0.3) is 0 Å². The summed E-state index contributed by atoms with van der Waals surface area (Å²) in [5, 5.41) is 7.57. The van der Waals surface area contributed by atoms with E-state index in [0.29, 0.717) is 0 Å². The SMILES string of the molecule is c1ccc(-c2ccc(C3N=C(c4ccc5cc(-c6ccc7sc8ccccc8c7c6)ccc5c4)N3c3ccccc3)c3ccccc23)cc1. The predicted molar refractivity (Wildman–Crippen MR) is 210 cm³/mol. The molecular weight excluding hydrogens is 613 g/mol. The molecule has 0 saturated carbocycles. The largest absolute Gasteiger partial charge is 0.299 e. The standard InChI is InChI=1S/C46H30N2S/c1-3-11-30(12-4-1)37-24-25-41(39-16-8-7-15-38(37)39)46-47-45(48(46)36-13-5-2-6-14-36)35-22-21-31-27-32(19-20-33(31)28-35)34-23-26-44-42(29-34)40-17-9-10-18-43(40)49-44/h1-29,46H. The third-order valence-corrected chi connectivity index (χ3v) is 11.0. The molecule has 0 N–H and O–H groups in total. The molecule has 0 amide bonds. The van der Waals surface area contributed by atoms with Crippen molar-refractivity contribution in [2.75, 3.05) is 4.90 Å². The summed E-state index contributed by atoms with van der Waals surface area (Å²) < 4.78 is 2.67. The lowest BCUT2D eigenvalue weighted by Gasteiger charge is -2.41. The maximum Gasteiger partial charge on any atom is 0.155 e. The van der Waals surface area contributed by atoms with Crippen molar-refractivity contribution in [3.8, 4) is 22.3 Å². The van der Waals surface area contributed by atoms with E-state index in [9.17, 15) is 0 Å². The molecular formula is C46H30N2S. The summed E-state index contributed by atoms with van der Waals surface area (Å²) in [7, 11) is 0. The molecule has 1 aromatic heterocycles. The summed E-state index contributed by atoms with van der Waals surface area (Å²) in [4.78, 5) is 7.73. The lowest BCUT2D eigenvalue weighted by molar-refractivity contribution is 0.696. The van der Waals surface area contributed by atoms with Gasteiger partial charge in [0.05, 0.1) is 0 Å². The fourth-order valence-corrected chi connectivity index (χ4v) is 8.54. The number of hydrogen-bond donors (Lipinski definition) is 0. The zero-order valence-electron chi connectivity index (χ0n) is 26.6. The van der Waals surface area contributed by atoms with Gasteiger partial charge in [-0.05, 0) is 86.3 Å². The first-order valence-corrected chi connectivity index (χ1v) is 17.6. The molecule has 1 unspecified atom stereocenters. The molecule has 0 aliphatic carbocycles. The van der Waals surface area contributed by atoms with Crippen LogP contribution in [0.3, 0.4) is 0 Å². The number of thiophene rings is 1. The van der Waals surface area contributed by atoms with Gasteiger partial charge in [0, 0.05) is 37.0 Å². The summed E-state index contributed by atoms with van der Waals surface area (Å²) in [6.07, 6.45) is -0.117. The lowest BCUT2D eigenvalue weighted by Crippen LogP contribution is -2.43. The van der Waals surface area contributed by atoms with Crippen LogP contribution in [0, 0.1) is 0 Å². The number of nitrogens with zero attached hydrogens (tertiary/aromatic N) is 2. The van der Waals surface area contributed by atoms with E-state index < -0.39 is 0 Å². The minimum Gasteiger partial charge on any atom is -0.299 e. The van der Waals surface area contributed by atoms with Crippen molar-refractivity contribution in [1.29, 1.82) is 0 Å². The summed E-state index contributed by atoms with van der Waals surface area (Å²) in [6.45, 7) is 0. The maximum atomic E-state index is 5.34. The highest BCUT2D eigenvalue weighted by molar-refractivity contribution is 7.25. The maximum absolute atomic E-state index is 5.34. The van der Waals surface area contributed by atoms with Gasteiger partial charge >= 0.3 is 0 Å². The van der Waals surface area contributed by atoms with Gasteiger partial charge in [0.15, 0.2) is 6.17 Å². The Morgan fingerprint density at radius 1 is 0.429 bits per heavy atom. The normalized spacial score (nSPS) is 14.4. The highest BCUT2D eigenvalue weighted by Gasteiger charge is 2.35. The van der Waals surface area contributed by atoms with Crippen molar-refractivity contribution in [3.05, 3.63) is 187 Å². The monoisotopic (exact) mass is 642 g/mol. The van der Waals surface area contributed by atoms with Gasteiger partial charge < -0.3 is 0 Å². The molecule has 10 rings (SSSR count). The number of hydrogen-bond acceptors (Lipinski definition) is 3. The summed E-state index contributed by atoms with van der Waals surface area (Å²) in [5.41, 5.74) is 8.42. The van der Waals surface area contributed by atoms with Crippen molar-refractivity contribution in [1.82, 2.24) is 0 Å². The van der Waals surface area contributed by atoms with Crippen molar-refractivity contribution in [3.63, 3.8) is 0 Å². The molecule has 49 heavy (non-hydrogen) atoms. The summed E-state index contributed by atoms with van der Waals surface area (Å²) in [6, 6.07) is 63.7. The topological polar surface area (TPSA) is 15.6 Å². The number of aliphatic imine (C=N–C) groups is 1. The van der Waals surface area contributed by atoms with E-state index in [1.165, 1.54) is 69.5 Å². The molecule has 0 spiro atoms. The summed E-state index contributed by atoms with van der Waals surface area (Å²) in [5.74, 6) is 0.994. The van der Waals surface area contributed by atoms with Crippen LogP contribution in [0.15, 0.2) is 181 Å². The van der Waals surface area contributed by atoms with E-state index in [1.54, 1.807) is 0 Å². The van der Waals surface area contributed by atoms with E-state index >= 15 is 0 Å². The highest BCUT2D eigenvalue weighted by Crippen LogP contribution is 2.43. The van der Waals surface area contributed by atoms with Crippen LogP contribution in [0.4, 0.5) is 5.69 Å². The van der Waals surface area contributed by atoms with Crippen LogP contribution in [-0.2, 0) is 0 Å². The smallest absolute Gasteiger partial charge is 0.155 e. The average molecular weight is 643 g/mol. The molecule has 9 aromatic rings. The zero-order valence-corrected chi connectivity index (χ0v) is 27.4. The molecule has 1 atom stereocenters. The van der Waals surface area contributed by atoms with Crippen molar-refractivity contribution < 1.29 is 0 Å². The van der Waals surface area contributed by atoms with Crippen LogP contribution in [0.2, 0.25) is 0 Å². The van der Waals surface area contributed by atoms with Gasteiger partial charge in [0.1, 0.15) is 5.84 Å². The second-order valence-corrected chi connectivity index (χ2v) is 13.8. The van der Waals surface area contributed by atoms with Gasteiger partial charge in [-0.1, -0.05) is 133 Å². The second kappa shape index (κ2) is 11.3. The summed E-state index contributed by atoms with van der Waals surface area (Å²) >= 11 is 1.86. The van der Waals surface area contributed by atoms with Gasteiger partial charge in [-0.25, -0.2) is 4.99 Å². The van der Waals surface area contributed by atoms with E-state index in [2.05, 4.69) is 181 Å². The molecule has 1 aliphatic rings. The molecule has 3 heteroatoms. The second-order valence-electron chi connectivity index (χ2n) is 12.7. The lowest BCUT2D eigenvalue weighted by atomic mass is 9.92. The minimum absolute atomic E-state index is 0.117. The fraction of sp³-hybridized carbons (Fsp3) is 0.0217. The van der Waals surface area contributed by atoms with Crippen LogP contribution in [0.1, 0.15) is 17.3 Å². The molecule has 0 saturated heterocycles. The molecule has 2 nitrogen and oxygen atoms in total. The molecule has 1 aliphatic heterocycles. The third kappa shape index (κ3) is 4.66. The Balaban J connectivity index is 1.04. The van der Waals surface area contributed by atoms with E-state index in [4.69, 9.17) is 4.99 Å². The van der Waals surface area contributed by atoms with Crippen molar-refractivity contribution in [2.24, 2.45) is 4.99 Å². The molecule has 230 valence electrons. The van der Waals surface area contributed by atoms with E-state index in [-0.39, 0.29) is 6.17 Å². The molecule has 0 bridgehead atoms. The van der Waals surface area contributed by atoms with Crippen LogP contribution in [0.25, 0.3) is 64.0 Å². The van der Waals surface area contributed by atoms with E-state index in [0.717, 1.165) is 17.1 Å². The number of anilines is 1. The first-order chi connectivity index (χ1) is 24.3. The van der Waals surface area contributed by atoms with Crippen molar-refractivity contribution >= 4 is 64.6 Å². The van der Waals surface area contributed by atoms with E-state index in [1.807, 2.05) is 11.3 Å². The number of amidine groups is 1. The first kappa shape index (κ1) is 28.0. The average Bonchev–Trinajstić information content (AvgIpc) is 3.53.